The van der Waals surface area contributed by atoms with Gasteiger partial charge in [0.15, 0.2) is 0 Å². The van der Waals surface area contributed by atoms with Crippen molar-refractivity contribution in [3.8, 4) is 11.1 Å². The van der Waals surface area contributed by atoms with Crippen molar-refractivity contribution in [2.75, 3.05) is 12.4 Å². The van der Waals surface area contributed by atoms with E-state index in [0.717, 1.165) is 16.7 Å². The van der Waals surface area contributed by atoms with Crippen molar-refractivity contribution in [2.24, 2.45) is 5.92 Å². The van der Waals surface area contributed by atoms with E-state index in [1.807, 2.05) is 60.7 Å². The lowest BCUT2D eigenvalue weighted by Gasteiger charge is -2.26. The van der Waals surface area contributed by atoms with E-state index in [2.05, 4.69) is 10.4 Å². The van der Waals surface area contributed by atoms with Crippen molar-refractivity contribution in [1.82, 2.24) is 14.7 Å². The third kappa shape index (κ3) is 3.67. The summed E-state index contributed by atoms with van der Waals surface area (Å²) in [6.45, 7) is 0.929. The second kappa shape index (κ2) is 7.68. The molecule has 0 spiro atoms. The lowest BCUT2D eigenvalue weighted by molar-refractivity contribution is -0.134. The van der Waals surface area contributed by atoms with Gasteiger partial charge in [0.2, 0.25) is 11.8 Å². The number of aromatic nitrogens is 2. The molecule has 1 unspecified atom stereocenters. The zero-order valence-corrected chi connectivity index (χ0v) is 15.7. The Morgan fingerprint density at radius 2 is 1.82 bits per heavy atom. The van der Waals surface area contributed by atoms with Gasteiger partial charge in [0.1, 0.15) is 5.82 Å². The highest BCUT2D eigenvalue weighted by Crippen LogP contribution is 2.31. The summed E-state index contributed by atoms with van der Waals surface area (Å²) in [6, 6.07) is 19.6. The van der Waals surface area contributed by atoms with Crippen molar-refractivity contribution in [2.45, 2.75) is 19.5 Å². The first-order valence-electron chi connectivity index (χ1n) is 9.32. The maximum atomic E-state index is 12.6. The van der Waals surface area contributed by atoms with Gasteiger partial charge in [-0.1, -0.05) is 60.7 Å². The van der Waals surface area contributed by atoms with Gasteiger partial charge in [0.25, 0.3) is 0 Å². The molecule has 1 N–H and O–H groups in total. The average Bonchev–Trinajstić information content (AvgIpc) is 3.12. The van der Waals surface area contributed by atoms with Gasteiger partial charge in [0, 0.05) is 25.6 Å². The van der Waals surface area contributed by atoms with E-state index < -0.39 is 5.92 Å². The van der Waals surface area contributed by atoms with E-state index in [-0.39, 0.29) is 18.2 Å². The van der Waals surface area contributed by atoms with Crippen LogP contribution in [0.2, 0.25) is 0 Å². The normalized spacial score (nSPS) is 15.6. The molecule has 2 heterocycles. The number of carbonyl (C=O) groups excluding carboxylic acids is 2. The summed E-state index contributed by atoms with van der Waals surface area (Å²) in [6.07, 6.45) is 1.92. The molecule has 1 aromatic heterocycles. The fraction of sp³-hybridized carbons (Fsp3) is 0.227. The van der Waals surface area contributed by atoms with Crippen LogP contribution >= 0.6 is 0 Å². The van der Waals surface area contributed by atoms with Crippen LogP contribution < -0.4 is 5.32 Å². The first-order chi connectivity index (χ1) is 13.6. The lowest BCUT2D eigenvalue weighted by atomic mass is 10.0. The van der Waals surface area contributed by atoms with E-state index in [4.69, 9.17) is 0 Å². The molecular formula is C22H22N4O2. The average molecular weight is 374 g/mol. The molecule has 28 heavy (non-hydrogen) atoms. The Morgan fingerprint density at radius 3 is 2.54 bits per heavy atom. The standard InChI is InChI=1S/C22H22N4O2/c1-25(14-16-8-4-2-5-9-16)20(27)12-18-15-26-21(24-22(18)28)19(13-23-26)17-10-6-3-7-11-17/h2-11,13,18H,12,14-15H2,1H3,(H,24,28). The highest BCUT2D eigenvalue weighted by Gasteiger charge is 2.31. The summed E-state index contributed by atoms with van der Waals surface area (Å²) in [5.41, 5.74) is 2.95. The Hall–Kier alpha value is -3.41. The minimum Gasteiger partial charge on any atom is -0.341 e. The number of carbonyl (C=O) groups is 2. The summed E-state index contributed by atoms with van der Waals surface area (Å²) in [4.78, 5) is 26.9. The van der Waals surface area contributed by atoms with Gasteiger partial charge in [-0.2, -0.15) is 5.10 Å². The van der Waals surface area contributed by atoms with Crippen LogP contribution in [0.1, 0.15) is 12.0 Å². The van der Waals surface area contributed by atoms with E-state index >= 15 is 0 Å². The minimum atomic E-state index is -0.429. The fourth-order valence-corrected chi connectivity index (χ4v) is 3.46. The van der Waals surface area contributed by atoms with E-state index in [0.29, 0.717) is 18.9 Å². The van der Waals surface area contributed by atoms with Gasteiger partial charge in [-0.15, -0.1) is 0 Å². The molecule has 1 aliphatic rings. The molecule has 0 saturated heterocycles. The van der Waals surface area contributed by atoms with Gasteiger partial charge in [-0.05, 0) is 11.1 Å². The van der Waals surface area contributed by atoms with Crippen LogP contribution in [-0.4, -0.2) is 33.5 Å². The number of amides is 2. The van der Waals surface area contributed by atoms with Gasteiger partial charge >= 0.3 is 0 Å². The summed E-state index contributed by atoms with van der Waals surface area (Å²) >= 11 is 0. The van der Waals surface area contributed by atoms with Crippen molar-refractivity contribution in [1.29, 1.82) is 0 Å². The summed E-state index contributed by atoms with van der Waals surface area (Å²) < 4.78 is 1.78. The van der Waals surface area contributed by atoms with Crippen LogP contribution in [0.4, 0.5) is 5.82 Å². The Morgan fingerprint density at radius 1 is 1.14 bits per heavy atom. The molecule has 4 rings (SSSR count). The number of benzene rings is 2. The van der Waals surface area contributed by atoms with Crippen LogP contribution in [0.15, 0.2) is 66.9 Å². The van der Waals surface area contributed by atoms with Crippen molar-refractivity contribution in [3.05, 3.63) is 72.4 Å². The third-order valence-corrected chi connectivity index (χ3v) is 5.04. The number of anilines is 1. The molecule has 2 aromatic carbocycles. The van der Waals surface area contributed by atoms with Crippen LogP contribution in [0.5, 0.6) is 0 Å². The molecule has 6 heteroatoms. The summed E-state index contributed by atoms with van der Waals surface area (Å²) in [7, 11) is 1.77. The minimum absolute atomic E-state index is 0.0529. The Bertz CT molecular complexity index is 982. The quantitative estimate of drug-likeness (QED) is 0.746. The SMILES string of the molecule is CN(Cc1ccccc1)C(=O)CC1Cn2ncc(-c3ccccc3)c2NC1=O. The second-order valence-corrected chi connectivity index (χ2v) is 7.08. The van der Waals surface area contributed by atoms with Crippen molar-refractivity contribution < 1.29 is 9.59 Å². The molecule has 1 atom stereocenters. The molecule has 1 aliphatic heterocycles. The molecule has 142 valence electrons. The first-order valence-corrected chi connectivity index (χ1v) is 9.32. The predicted molar refractivity (Wildman–Crippen MR) is 107 cm³/mol. The van der Waals surface area contributed by atoms with Crippen molar-refractivity contribution in [3.63, 3.8) is 0 Å². The van der Waals surface area contributed by atoms with Gasteiger partial charge in [-0.3, -0.25) is 9.59 Å². The topological polar surface area (TPSA) is 67.2 Å². The monoisotopic (exact) mass is 374 g/mol. The Kier molecular flexibility index (Phi) is 4.93. The number of fused-ring (bicyclic) bond motifs is 1. The number of hydrogen-bond donors (Lipinski definition) is 1. The smallest absolute Gasteiger partial charge is 0.231 e. The molecule has 0 bridgehead atoms. The maximum Gasteiger partial charge on any atom is 0.231 e. The summed E-state index contributed by atoms with van der Waals surface area (Å²) in [5, 5.41) is 7.36. The number of hydrogen-bond acceptors (Lipinski definition) is 3. The lowest BCUT2D eigenvalue weighted by Crippen LogP contribution is -2.38. The molecule has 0 saturated carbocycles. The van der Waals surface area contributed by atoms with Crippen LogP contribution in [0.3, 0.4) is 0 Å². The molecule has 2 amide bonds. The Balaban J connectivity index is 1.44. The highest BCUT2D eigenvalue weighted by atomic mass is 16.2. The Labute approximate surface area is 163 Å². The van der Waals surface area contributed by atoms with Crippen LogP contribution in [-0.2, 0) is 22.7 Å². The second-order valence-electron chi connectivity index (χ2n) is 7.08. The fourth-order valence-electron chi connectivity index (χ4n) is 3.46. The molecule has 0 fully saturated rings. The number of rotatable bonds is 5. The first kappa shape index (κ1) is 18.0. The van der Waals surface area contributed by atoms with Gasteiger partial charge in [0.05, 0.1) is 18.7 Å². The number of nitrogens with one attached hydrogen (secondary N) is 1. The molecule has 3 aromatic rings. The third-order valence-electron chi connectivity index (χ3n) is 5.04. The zero-order chi connectivity index (χ0) is 19.5. The summed E-state index contributed by atoms with van der Waals surface area (Å²) in [5.74, 6) is 0.0776. The highest BCUT2D eigenvalue weighted by molar-refractivity contribution is 5.98. The van der Waals surface area contributed by atoms with E-state index in [1.54, 1.807) is 22.8 Å². The predicted octanol–water partition coefficient (Wildman–Crippen LogP) is 3.17. The molecule has 0 aliphatic carbocycles. The van der Waals surface area contributed by atoms with Gasteiger partial charge < -0.3 is 10.2 Å². The van der Waals surface area contributed by atoms with Crippen LogP contribution in [0, 0.1) is 5.92 Å². The number of nitrogens with zero attached hydrogens (tertiary/aromatic N) is 3. The molecule has 6 nitrogen and oxygen atoms in total. The largest absolute Gasteiger partial charge is 0.341 e. The van der Waals surface area contributed by atoms with Crippen molar-refractivity contribution >= 4 is 17.6 Å². The van der Waals surface area contributed by atoms with E-state index in [1.165, 1.54) is 0 Å². The zero-order valence-electron chi connectivity index (χ0n) is 15.7. The van der Waals surface area contributed by atoms with E-state index in [9.17, 15) is 9.59 Å². The molecular weight excluding hydrogens is 352 g/mol. The molecule has 0 radical (unpaired) electrons. The van der Waals surface area contributed by atoms with Gasteiger partial charge in [-0.25, -0.2) is 4.68 Å². The van der Waals surface area contributed by atoms with Crippen LogP contribution in [0.25, 0.3) is 11.1 Å². The maximum absolute atomic E-state index is 12.6.